The Bertz CT molecular complexity index is 600. The molecule has 102 valence electrons. The number of hydrogen-bond acceptors (Lipinski definition) is 5. The van der Waals surface area contributed by atoms with Crippen molar-refractivity contribution in [1.82, 2.24) is 0 Å². The normalized spacial score (nSPS) is 22.2. The fraction of sp³-hybridized carbons (Fsp3) is 0.385. The first kappa shape index (κ1) is 14.2. The van der Waals surface area contributed by atoms with E-state index in [4.69, 9.17) is 7.85 Å². The van der Waals surface area contributed by atoms with Gasteiger partial charge in [0, 0.05) is 29.4 Å². The molecular formula is C13H12BNO5. The van der Waals surface area contributed by atoms with E-state index in [1.54, 1.807) is 6.92 Å². The number of fused-ring (bicyclic) bond motifs is 1. The molecule has 1 aliphatic rings. The summed E-state index contributed by atoms with van der Waals surface area (Å²) in [7, 11) is 7.04. The molecule has 6 nitrogen and oxygen atoms in total. The quantitative estimate of drug-likeness (QED) is 0.361. The average Bonchev–Trinajstić information content (AvgIpc) is 2.68. The number of nitrogens with zero attached hydrogens (tertiary/aromatic N) is 1. The van der Waals surface area contributed by atoms with Gasteiger partial charge in [-0.1, -0.05) is 6.92 Å². The minimum absolute atomic E-state index is 0.132. The molecule has 7 heteroatoms. The minimum Gasteiger partial charge on any atom is -0.469 e. The van der Waals surface area contributed by atoms with Gasteiger partial charge in [-0.2, -0.15) is 0 Å². The van der Waals surface area contributed by atoms with Crippen molar-refractivity contribution in [3.8, 4) is 0 Å². The molecular weight excluding hydrogens is 261 g/mol. The maximum absolute atomic E-state index is 12.1. The molecule has 1 aromatic carbocycles. The summed E-state index contributed by atoms with van der Waals surface area (Å²) in [4.78, 5) is 34.0. The monoisotopic (exact) mass is 273 g/mol. The second kappa shape index (κ2) is 5.07. The molecule has 0 saturated heterocycles. The Hall–Kier alpha value is -2.18. The molecule has 3 atom stereocenters. The Kier molecular flexibility index (Phi) is 3.61. The Labute approximate surface area is 116 Å². The van der Waals surface area contributed by atoms with Gasteiger partial charge in [-0.05, 0) is 17.5 Å². The molecule has 2 radical (unpaired) electrons. The molecule has 0 bridgehead atoms. The third-order valence-electron chi connectivity index (χ3n) is 3.68. The Balaban J connectivity index is 2.52. The summed E-state index contributed by atoms with van der Waals surface area (Å²) in [5, 5.41) is 10.8. The van der Waals surface area contributed by atoms with Gasteiger partial charge in [0.15, 0.2) is 5.78 Å². The highest BCUT2D eigenvalue weighted by atomic mass is 16.6. The number of non-ortho nitro benzene ring substituents is 1. The summed E-state index contributed by atoms with van der Waals surface area (Å²) < 4.78 is 4.59. The zero-order valence-corrected chi connectivity index (χ0v) is 11.0. The van der Waals surface area contributed by atoms with Crippen molar-refractivity contribution in [3.63, 3.8) is 0 Å². The van der Waals surface area contributed by atoms with E-state index in [1.165, 1.54) is 25.3 Å². The van der Waals surface area contributed by atoms with Crippen LogP contribution < -0.4 is 0 Å². The van der Waals surface area contributed by atoms with Gasteiger partial charge in [0.2, 0.25) is 0 Å². The standard InChI is InChI=1S/C13H12BNO5/c1-6-10(11(14)13(17)20-2)9-5-7(15(18)19)3-4-8(9)12(6)16/h3-6,10-11H,1-2H3. The SMILES string of the molecule is [B]C(C(=O)OC)C1c2cc([N+](=O)[O-])ccc2C(=O)C1C. The number of nitro benzene ring substituents is 1. The van der Waals surface area contributed by atoms with Gasteiger partial charge >= 0.3 is 0 Å². The fourth-order valence-corrected chi connectivity index (χ4v) is 2.63. The molecule has 1 aliphatic carbocycles. The maximum Gasteiger partial charge on any atom is 0.300 e. The van der Waals surface area contributed by atoms with E-state index in [2.05, 4.69) is 4.74 Å². The third kappa shape index (κ3) is 2.09. The number of ether oxygens (including phenoxy) is 1. The van der Waals surface area contributed by atoms with Crippen molar-refractivity contribution in [1.29, 1.82) is 0 Å². The van der Waals surface area contributed by atoms with Gasteiger partial charge in [-0.15, -0.1) is 0 Å². The van der Waals surface area contributed by atoms with E-state index < -0.39 is 28.5 Å². The summed E-state index contributed by atoms with van der Waals surface area (Å²) >= 11 is 0. The molecule has 20 heavy (non-hydrogen) atoms. The largest absolute Gasteiger partial charge is 0.469 e. The van der Waals surface area contributed by atoms with Crippen LogP contribution in [0.15, 0.2) is 18.2 Å². The number of esters is 1. The van der Waals surface area contributed by atoms with Crippen molar-refractivity contribution < 1.29 is 19.2 Å². The van der Waals surface area contributed by atoms with E-state index >= 15 is 0 Å². The lowest BCUT2D eigenvalue weighted by Crippen LogP contribution is -2.22. The Morgan fingerprint density at radius 2 is 2.15 bits per heavy atom. The number of carbonyl (C=O) groups excluding carboxylic acids is 2. The smallest absolute Gasteiger partial charge is 0.300 e. The molecule has 0 fully saturated rings. The highest BCUT2D eigenvalue weighted by Gasteiger charge is 2.42. The van der Waals surface area contributed by atoms with E-state index in [0.29, 0.717) is 11.1 Å². The maximum atomic E-state index is 12.1. The van der Waals surface area contributed by atoms with Crippen molar-refractivity contribution in [2.24, 2.45) is 5.92 Å². The Morgan fingerprint density at radius 1 is 1.50 bits per heavy atom. The van der Waals surface area contributed by atoms with Crippen molar-refractivity contribution in [2.75, 3.05) is 7.11 Å². The summed E-state index contributed by atoms with van der Waals surface area (Å²) in [6.07, 6.45) is 0. The van der Waals surface area contributed by atoms with Gasteiger partial charge in [0.25, 0.3) is 11.7 Å². The first-order valence-corrected chi connectivity index (χ1v) is 6.04. The predicted octanol–water partition coefficient (Wildman–Crippen LogP) is 1.64. The fourth-order valence-electron chi connectivity index (χ4n) is 2.63. The molecule has 0 saturated carbocycles. The van der Waals surface area contributed by atoms with Crippen LogP contribution in [0.1, 0.15) is 28.8 Å². The van der Waals surface area contributed by atoms with E-state index in [-0.39, 0.29) is 11.5 Å². The average molecular weight is 273 g/mol. The van der Waals surface area contributed by atoms with Crippen molar-refractivity contribution in [3.05, 3.63) is 39.4 Å². The zero-order chi connectivity index (χ0) is 15.0. The number of methoxy groups -OCH3 is 1. The lowest BCUT2D eigenvalue weighted by molar-refractivity contribution is -0.384. The van der Waals surface area contributed by atoms with Crippen molar-refractivity contribution in [2.45, 2.75) is 18.7 Å². The number of nitro groups is 1. The van der Waals surface area contributed by atoms with E-state index in [1.807, 2.05) is 0 Å². The molecule has 0 amide bonds. The number of benzene rings is 1. The second-order valence-electron chi connectivity index (χ2n) is 4.76. The number of ketones is 1. The van der Waals surface area contributed by atoms with E-state index in [0.717, 1.165) is 0 Å². The predicted molar refractivity (Wildman–Crippen MR) is 70.9 cm³/mol. The third-order valence-corrected chi connectivity index (χ3v) is 3.68. The van der Waals surface area contributed by atoms with Crippen LogP contribution >= 0.6 is 0 Å². The summed E-state index contributed by atoms with van der Waals surface area (Å²) in [5.41, 5.74) is 0.690. The molecule has 1 aromatic rings. The summed E-state index contributed by atoms with van der Waals surface area (Å²) in [6, 6.07) is 4.00. The van der Waals surface area contributed by atoms with Crippen LogP contribution in [0, 0.1) is 16.0 Å². The van der Waals surface area contributed by atoms with Crippen LogP contribution in [0.3, 0.4) is 0 Å². The number of hydrogen-bond donors (Lipinski definition) is 0. The lowest BCUT2D eigenvalue weighted by atomic mass is 9.70. The summed E-state index contributed by atoms with van der Waals surface area (Å²) in [6.45, 7) is 1.65. The first-order chi connectivity index (χ1) is 9.38. The first-order valence-electron chi connectivity index (χ1n) is 6.04. The second-order valence-corrected chi connectivity index (χ2v) is 4.76. The van der Waals surface area contributed by atoms with Crippen molar-refractivity contribution >= 4 is 25.3 Å². The lowest BCUT2D eigenvalue weighted by Gasteiger charge is -2.21. The van der Waals surface area contributed by atoms with Gasteiger partial charge in [-0.25, -0.2) is 0 Å². The van der Waals surface area contributed by atoms with Crippen LogP contribution in [0.5, 0.6) is 0 Å². The molecule has 3 unspecified atom stereocenters. The Morgan fingerprint density at radius 3 is 2.70 bits per heavy atom. The van der Waals surface area contributed by atoms with Gasteiger partial charge in [0.05, 0.1) is 19.9 Å². The van der Waals surface area contributed by atoms with Crippen LogP contribution in [0.2, 0.25) is 5.82 Å². The zero-order valence-electron chi connectivity index (χ0n) is 11.0. The highest BCUT2D eigenvalue weighted by molar-refractivity contribution is 6.24. The minimum atomic E-state index is -1.03. The number of rotatable bonds is 3. The summed E-state index contributed by atoms with van der Waals surface area (Å²) in [5.74, 6) is -2.96. The number of Topliss-reactive ketones (excluding diaryl/α,β-unsaturated/α-hetero) is 1. The molecule has 0 spiro atoms. The molecule has 0 aliphatic heterocycles. The van der Waals surface area contributed by atoms with Gasteiger partial charge in [0.1, 0.15) is 0 Å². The van der Waals surface area contributed by atoms with Crippen LogP contribution in [-0.4, -0.2) is 31.6 Å². The van der Waals surface area contributed by atoms with E-state index in [9.17, 15) is 19.7 Å². The molecule has 2 rings (SSSR count). The van der Waals surface area contributed by atoms with Crippen LogP contribution in [0.25, 0.3) is 0 Å². The van der Waals surface area contributed by atoms with Gasteiger partial charge < -0.3 is 4.74 Å². The van der Waals surface area contributed by atoms with Crippen LogP contribution in [0.4, 0.5) is 5.69 Å². The van der Waals surface area contributed by atoms with Gasteiger partial charge in [-0.3, -0.25) is 19.7 Å². The number of carbonyl (C=O) groups is 2. The molecule has 0 N–H and O–H groups in total. The highest BCUT2D eigenvalue weighted by Crippen LogP contribution is 2.45. The molecule has 0 aromatic heterocycles. The topological polar surface area (TPSA) is 86.5 Å². The van der Waals surface area contributed by atoms with Crippen LogP contribution in [-0.2, 0) is 9.53 Å². The molecule has 0 heterocycles.